The van der Waals surface area contributed by atoms with Crippen LogP contribution in [0.15, 0.2) is 73.1 Å². The number of aliphatic hydroxyl groups excluding tert-OH is 1. The van der Waals surface area contributed by atoms with Crippen molar-refractivity contribution in [3.8, 4) is 11.1 Å². The molecule has 14 nitrogen and oxygen atoms in total. The number of alkyl halides is 1. The van der Waals surface area contributed by atoms with Crippen LogP contribution in [0.1, 0.15) is 93.5 Å². The van der Waals surface area contributed by atoms with E-state index in [4.69, 9.17) is 0 Å². The molecule has 6 heterocycles. The molecule has 0 spiro atoms. The molecule has 2 aromatic heterocycles. The second-order valence-corrected chi connectivity index (χ2v) is 18.3. The molecule has 328 valence electrons. The Kier molecular flexibility index (Phi) is 11.4. The number of imide groups is 1. The number of carbonyl (C=O) groups excluding carboxylic acids is 4. The lowest BCUT2D eigenvalue weighted by Gasteiger charge is -2.32. The summed E-state index contributed by atoms with van der Waals surface area (Å²) in [6.45, 7) is 2.13. The zero-order valence-electron chi connectivity index (χ0n) is 34.0. The van der Waals surface area contributed by atoms with Gasteiger partial charge in [-0.3, -0.25) is 29.2 Å². The number of halogens is 3. The molecule has 4 N–H and O–H groups in total. The molecule has 3 amide bonds. The van der Waals surface area contributed by atoms with Gasteiger partial charge in [-0.25, -0.2) is 18.2 Å². The third kappa shape index (κ3) is 8.35. The number of pyridine rings is 1. The molecule has 9 rings (SSSR count). The Morgan fingerprint density at radius 1 is 0.952 bits per heavy atom. The molecule has 0 aliphatic carbocycles. The lowest BCUT2D eigenvalue weighted by atomic mass is 9.88. The van der Waals surface area contributed by atoms with Crippen LogP contribution in [0, 0.1) is 11.6 Å². The molecule has 0 saturated carbocycles. The number of benzene rings is 3. The maximum atomic E-state index is 15.7. The molecule has 4 aliphatic heterocycles. The number of H-pyrrole nitrogens is 1. The van der Waals surface area contributed by atoms with Crippen molar-refractivity contribution in [3.63, 3.8) is 0 Å². The van der Waals surface area contributed by atoms with E-state index < -0.39 is 69.6 Å². The molecule has 5 aromatic rings. The Balaban J connectivity index is 0.807. The zero-order valence-corrected chi connectivity index (χ0v) is 34.8. The molecule has 3 atom stereocenters. The van der Waals surface area contributed by atoms with Crippen LogP contribution >= 0.6 is 0 Å². The van der Waals surface area contributed by atoms with Gasteiger partial charge in [0.25, 0.3) is 5.91 Å². The quantitative estimate of drug-likeness (QED) is 0.0928. The van der Waals surface area contributed by atoms with Gasteiger partial charge in [0.2, 0.25) is 17.6 Å². The van der Waals surface area contributed by atoms with E-state index in [9.17, 15) is 37.1 Å². The number of carbonyl (C=O) groups is 4. The van der Waals surface area contributed by atoms with E-state index in [-0.39, 0.29) is 49.7 Å². The van der Waals surface area contributed by atoms with Gasteiger partial charge < -0.3 is 19.9 Å². The van der Waals surface area contributed by atoms with Gasteiger partial charge in [-0.2, -0.15) is 12.7 Å². The van der Waals surface area contributed by atoms with Gasteiger partial charge >= 0.3 is 10.2 Å². The third-order valence-electron chi connectivity index (χ3n) is 12.7. The Labute approximate surface area is 360 Å². The summed E-state index contributed by atoms with van der Waals surface area (Å²) in [4.78, 5) is 62.0. The molecule has 3 fully saturated rings. The van der Waals surface area contributed by atoms with Crippen molar-refractivity contribution in [2.45, 2.75) is 69.3 Å². The highest BCUT2D eigenvalue weighted by molar-refractivity contribution is 7.90. The van der Waals surface area contributed by atoms with Crippen LogP contribution in [0.4, 0.5) is 18.9 Å². The van der Waals surface area contributed by atoms with Crippen LogP contribution in [-0.4, -0.2) is 106 Å². The Morgan fingerprint density at radius 2 is 1.73 bits per heavy atom. The van der Waals surface area contributed by atoms with Crippen molar-refractivity contribution in [2.24, 2.45) is 0 Å². The number of likely N-dealkylation sites (tertiary alicyclic amines) is 1. The van der Waals surface area contributed by atoms with E-state index in [2.05, 4.69) is 32.3 Å². The van der Waals surface area contributed by atoms with Crippen molar-refractivity contribution in [3.05, 3.63) is 118 Å². The largest absolute Gasteiger partial charge is 0.388 e. The average molecular weight is 884 g/mol. The smallest absolute Gasteiger partial charge is 0.301 e. The second kappa shape index (κ2) is 17.0. The van der Waals surface area contributed by atoms with E-state index in [0.717, 1.165) is 53.5 Å². The molecular weight excluding hydrogens is 840 g/mol. The maximum Gasteiger partial charge on any atom is 0.301 e. The van der Waals surface area contributed by atoms with Crippen LogP contribution < -0.4 is 10.0 Å². The Morgan fingerprint density at radius 3 is 2.46 bits per heavy atom. The highest BCUT2D eigenvalue weighted by Crippen LogP contribution is 2.35. The number of aliphatic hydroxyl groups is 1. The number of rotatable bonds is 12. The minimum Gasteiger partial charge on any atom is -0.388 e. The van der Waals surface area contributed by atoms with Gasteiger partial charge in [0.15, 0.2) is 5.82 Å². The number of piperidine rings is 2. The molecule has 0 bridgehead atoms. The first-order valence-electron chi connectivity index (χ1n) is 20.9. The van der Waals surface area contributed by atoms with Crippen molar-refractivity contribution in [1.29, 1.82) is 0 Å². The van der Waals surface area contributed by atoms with Gasteiger partial charge in [-0.15, -0.1) is 0 Å². The number of hydrogen-bond donors (Lipinski definition) is 4. The van der Waals surface area contributed by atoms with Crippen molar-refractivity contribution < 1.29 is 45.9 Å². The van der Waals surface area contributed by atoms with Crippen LogP contribution in [0.2, 0.25) is 0 Å². The number of amides is 3. The summed E-state index contributed by atoms with van der Waals surface area (Å²) in [5, 5.41) is 13.7. The number of anilines is 1. The first-order chi connectivity index (χ1) is 30.2. The maximum absolute atomic E-state index is 15.7. The standard InChI is InChI=1S/C45H44F3N7O7S/c46-31-13-18-54(24-31)63(61,62)52-36-8-7-35(47)40(41(36)48)42(58)34-22-50-43-33(34)20-29(21-49-43)26-3-1-25(2-4-26)27-11-15-53(16-12-27)17-14-38(56)28-5-6-32-30(19-28)23-55(45(32)60)37-9-10-39(57)51-44(37)59/h1-8,19-22,27,31,37-38,52,56H,9-18,23-24H2,(H,49,50)(H,51,57,59)/t31?,37?,38-/m1/s1. The normalized spacial score (nSPS) is 20.6. The SMILES string of the molecule is O=C1CCC(N2Cc3cc([C@H](O)CCN4CCC(c5ccc(-c6cnc7[nH]cc(C(=O)c8c(F)ccc(NS(=O)(=O)N9CCC(F)C9)c8F)c7c6)cc5)CC4)ccc3C2=O)C(=O)N1. The minimum atomic E-state index is -4.36. The first-order valence-corrected chi connectivity index (χ1v) is 22.4. The van der Waals surface area contributed by atoms with E-state index in [1.165, 1.54) is 16.7 Å². The summed E-state index contributed by atoms with van der Waals surface area (Å²) in [6, 6.07) is 16.0. The Hall–Kier alpha value is -5.95. The number of nitrogens with zero attached hydrogens (tertiary/aromatic N) is 4. The Bertz CT molecular complexity index is 2760. The van der Waals surface area contributed by atoms with Gasteiger partial charge in [0.1, 0.15) is 23.7 Å². The molecule has 0 radical (unpaired) electrons. The molecule has 3 saturated heterocycles. The fraction of sp³-hybridized carbons (Fsp3) is 0.356. The number of nitrogens with one attached hydrogen (secondary N) is 3. The third-order valence-corrected chi connectivity index (χ3v) is 14.2. The second-order valence-electron chi connectivity index (χ2n) is 16.6. The van der Waals surface area contributed by atoms with Gasteiger partial charge in [-0.05, 0) is 97.6 Å². The monoisotopic (exact) mass is 883 g/mol. The summed E-state index contributed by atoms with van der Waals surface area (Å²) >= 11 is 0. The summed E-state index contributed by atoms with van der Waals surface area (Å²) in [5.74, 6) is -4.32. The van der Waals surface area contributed by atoms with Crippen LogP contribution in [0.25, 0.3) is 22.2 Å². The lowest BCUT2D eigenvalue weighted by molar-refractivity contribution is -0.136. The lowest BCUT2D eigenvalue weighted by Crippen LogP contribution is -2.52. The van der Waals surface area contributed by atoms with E-state index in [1.54, 1.807) is 24.4 Å². The fourth-order valence-corrected chi connectivity index (χ4v) is 10.4. The number of aromatic nitrogens is 2. The molecular formula is C45H44F3N7O7S. The summed E-state index contributed by atoms with van der Waals surface area (Å²) in [5.41, 5.74) is 3.28. The van der Waals surface area contributed by atoms with E-state index >= 15 is 8.78 Å². The van der Waals surface area contributed by atoms with Crippen LogP contribution in [0.5, 0.6) is 0 Å². The zero-order chi connectivity index (χ0) is 44.2. The average Bonchev–Trinajstić information content (AvgIpc) is 4.00. The summed E-state index contributed by atoms with van der Waals surface area (Å²) in [7, 11) is -4.36. The van der Waals surface area contributed by atoms with Crippen molar-refractivity contribution in [1.82, 2.24) is 29.4 Å². The molecule has 2 unspecified atom stereocenters. The van der Waals surface area contributed by atoms with Gasteiger partial charge in [0, 0.05) is 67.1 Å². The fourth-order valence-electron chi connectivity index (χ4n) is 9.14. The number of hydrogen-bond acceptors (Lipinski definition) is 9. The number of fused-ring (bicyclic) bond motifs is 2. The molecule has 18 heteroatoms. The minimum absolute atomic E-state index is 0.00348. The topological polar surface area (TPSA) is 185 Å². The summed E-state index contributed by atoms with van der Waals surface area (Å²) < 4.78 is 73.0. The first kappa shape index (κ1) is 42.4. The van der Waals surface area contributed by atoms with Crippen LogP contribution in [-0.2, 0) is 26.3 Å². The summed E-state index contributed by atoms with van der Waals surface area (Å²) in [6.07, 6.45) is 3.66. The molecule has 3 aromatic carbocycles. The number of ketones is 1. The highest BCUT2D eigenvalue weighted by Gasteiger charge is 2.39. The highest BCUT2D eigenvalue weighted by atomic mass is 32.2. The molecule has 4 aliphatic rings. The predicted octanol–water partition coefficient (Wildman–Crippen LogP) is 5.50. The predicted molar refractivity (Wildman–Crippen MR) is 225 cm³/mol. The van der Waals surface area contributed by atoms with Crippen molar-refractivity contribution in [2.75, 3.05) is 37.4 Å². The van der Waals surface area contributed by atoms with Crippen molar-refractivity contribution >= 4 is 50.4 Å². The van der Waals surface area contributed by atoms with Gasteiger partial charge in [0.05, 0.1) is 17.4 Å². The van der Waals surface area contributed by atoms with Crippen LogP contribution in [0.3, 0.4) is 0 Å². The van der Waals surface area contributed by atoms with E-state index in [1.807, 2.05) is 22.9 Å². The number of aromatic amines is 1. The molecule has 63 heavy (non-hydrogen) atoms. The van der Waals surface area contributed by atoms with E-state index in [0.29, 0.717) is 46.6 Å². The van der Waals surface area contributed by atoms with Gasteiger partial charge in [-0.1, -0.05) is 36.4 Å².